The molecule has 0 radical (unpaired) electrons. The third-order valence-corrected chi connectivity index (χ3v) is 4.23. The summed E-state index contributed by atoms with van der Waals surface area (Å²) in [6.45, 7) is 12.0. The Balaban J connectivity index is 0.00000338. The number of anilines is 1. The number of hydrogen-bond acceptors (Lipinski definition) is 3. The van der Waals surface area contributed by atoms with Gasteiger partial charge in [-0.1, -0.05) is 12.1 Å². The molecule has 0 unspecified atom stereocenters. The van der Waals surface area contributed by atoms with Crippen molar-refractivity contribution in [2.75, 3.05) is 51.2 Å². The van der Waals surface area contributed by atoms with Gasteiger partial charge in [-0.15, -0.1) is 24.0 Å². The van der Waals surface area contributed by atoms with Gasteiger partial charge in [-0.05, 0) is 45.9 Å². The number of hydrogen-bond donors (Lipinski definition) is 2. The molecule has 1 aliphatic rings. The summed E-state index contributed by atoms with van der Waals surface area (Å²) in [4.78, 5) is 8.83. The molecule has 0 aliphatic carbocycles. The van der Waals surface area contributed by atoms with Gasteiger partial charge in [0.2, 0.25) is 0 Å². The zero-order valence-electron chi connectivity index (χ0n) is 16.4. The van der Waals surface area contributed by atoms with Crippen LogP contribution < -0.4 is 15.5 Å². The zero-order chi connectivity index (χ0) is 18.3. The Labute approximate surface area is 174 Å². The Morgan fingerprint density at radius 3 is 2.38 bits per heavy atom. The fourth-order valence-electron chi connectivity index (χ4n) is 2.96. The van der Waals surface area contributed by atoms with E-state index in [-0.39, 0.29) is 35.3 Å². The lowest BCUT2D eigenvalue weighted by atomic mass is 10.1. The predicted octanol–water partition coefficient (Wildman–Crippen LogP) is 2.92. The lowest BCUT2D eigenvalue weighted by molar-refractivity contribution is 0.254. The highest BCUT2D eigenvalue weighted by atomic mass is 127. The number of aliphatic imine (C=N–C) groups is 1. The molecule has 26 heavy (non-hydrogen) atoms. The second kappa shape index (κ2) is 10.9. The van der Waals surface area contributed by atoms with E-state index >= 15 is 0 Å². The van der Waals surface area contributed by atoms with Crippen molar-refractivity contribution in [3.8, 4) is 0 Å². The van der Waals surface area contributed by atoms with E-state index in [0.29, 0.717) is 0 Å². The number of nitrogens with zero attached hydrogens (tertiary/aromatic N) is 3. The molecule has 1 aliphatic heterocycles. The van der Waals surface area contributed by atoms with Crippen molar-refractivity contribution in [3.63, 3.8) is 0 Å². The molecule has 1 aromatic rings. The molecule has 0 aromatic heterocycles. The maximum Gasteiger partial charge on any atom is 0.191 e. The topological polar surface area (TPSA) is 42.9 Å². The van der Waals surface area contributed by atoms with Crippen molar-refractivity contribution < 1.29 is 4.39 Å². The van der Waals surface area contributed by atoms with E-state index in [0.717, 1.165) is 57.3 Å². The number of guanidine groups is 1. The SMILES string of the molecule is CN=C(NCCCN1CCN(c2ccccc2F)CC1)NC(C)(C)C.I. The van der Waals surface area contributed by atoms with Crippen LogP contribution in [0.5, 0.6) is 0 Å². The van der Waals surface area contributed by atoms with Gasteiger partial charge >= 0.3 is 0 Å². The number of piperazine rings is 1. The summed E-state index contributed by atoms with van der Waals surface area (Å²) in [5.74, 6) is 0.717. The zero-order valence-corrected chi connectivity index (χ0v) is 18.7. The lowest BCUT2D eigenvalue weighted by Gasteiger charge is -2.36. The summed E-state index contributed by atoms with van der Waals surface area (Å²) in [7, 11) is 1.79. The highest BCUT2D eigenvalue weighted by Crippen LogP contribution is 2.20. The van der Waals surface area contributed by atoms with E-state index in [9.17, 15) is 4.39 Å². The van der Waals surface area contributed by atoms with Gasteiger partial charge in [0.05, 0.1) is 5.69 Å². The van der Waals surface area contributed by atoms with E-state index < -0.39 is 0 Å². The van der Waals surface area contributed by atoms with E-state index in [4.69, 9.17) is 0 Å². The quantitative estimate of drug-likeness (QED) is 0.296. The molecule has 1 fully saturated rings. The highest BCUT2D eigenvalue weighted by Gasteiger charge is 2.18. The number of para-hydroxylation sites is 1. The average molecular weight is 477 g/mol. The van der Waals surface area contributed by atoms with Crippen molar-refractivity contribution in [2.45, 2.75) is 32.7 Å². The normalized spacial score (nSPS) is 16.2. The number of benzene rings is 1. The fourth-order valence-corrected chi connectivity index (χ4v) is 2.96. The minimum atomic E-state index is -0.127. The van der Waals surface area contributed by atoms with Gasteiger partial charge in [0.15, 0.2) is 5.96 Å². The van der Waals surface area contributed by atoms with Gasteiger partial charge in [0, 0.05) is 45.3 Å². The summed E-state index contributed by atoms with van der Waals surface area (Å²) in [5, 5.41) is 6.72. The summed E-state index contributed by atoms with van der Waals surface area (Å²) in [5.41, 5.74) is 0.728. The summed E-state index contributed by atoms with van der Waals surface area (Å²) >= 11 is 0. The number of rotatable bonds is 5. The van der Waals surface area contributed by atoms with Gasteiger partial charge < -0.3 is 15.5 Å². The number of nitrogens with one attached hydrogen (secondary N) is 2. The van der Waals surface area contributed by atoms with E-state index in [1.54, 1.807) is 13.1 Å². The van der Waals surface area contributed by atoms with Crippen LogP contribution >= 0.6 is 24.0 Å². The molecule has 5 nitrogen and oxygen atoms in total. The smallest absolute Gasteiger partial charge is 0.191 e. The first-order valence-electron chi connectivity index (χ1n) is 9.10. The van der Waals surface area contributed by atoms with Crippen molar-refractivity contribution >= 4 is 35.6 Å². The lowest BCUT2D eigenvalue weighted by Crippen LogP contribution is -2.49. The number of halogens is 2. The van der Waals surface area contributed by atoms with Crippen molar-refractivity contribution in [1.29, 1.82) is 0 Å². The highest BCUT2D eigenvalue weighted by molar-refractivity contribution is 14.0. The maximum absolute atomic E-state index is 13.9. The second-order valence-electron chi connectivity index (χ2n) is 7.51. The molecule has 0 bridgehead atoms. The second-order valence-corrected chi connectivity index (χ2v) is 7.51. The van der Waals surface area contributed by atoms with Crippen LogP contribution in [0.3, 0.4) is 0 Å². The minimum absolute atomic E-state index is 0. The molecule has 148 valence electrons. The Hall–Kier alpha value is -1.09. The van der Waals surface area contributed by atoms with Gasteiger partial charge in [-0.3, -0.25) is 9.89 Å². The fraction of sp³-hybridized carbons (Fsp3) is 0.632. The molecule has 0 amide bonds. The molecule has 1 saturated heterocycles. The molecule has 0 spiro atoms. The average Bonchev–Trinajstić information content (AvgIpc) is 2.57. The largest absolute Gasteiger partial charge is 0.367 e. The summed E-state index contributed by atoms with van der Waals surface area (Å²) in [6, 6.07) is 7.04. The van der Waals surface area contributed by atoms with Crippen LogP contribution in [0, 0.1) is 5.82 Å². The Kier molecular flexibility index (Phi) is 9.63. The molecular weight excluding hydrogens is 444 g/mol. The van der Waals surface area contributed by atoms with Gasteiger partial charge in [0.25, 0.3) is 0 Å². The van der Waals surface area contributed by atoms with Crippen LogP contribution in [0.25, 0.3) is 0 Å². The predicted molar refractivity (Wildman–Crippen MR) is 119 cm³/mol. The summed E-state index contributed by atoms with van der Waals surface area (Å²) < 4.78 is 13.9. The molecule has 1 heterocycles. The van der Waals surface area contributed by atoms with Gasteiger partial charge in [0.1, 0.15) is 5.82 Å². The monoisotopic (exact) mass is 477 g/mol. The van der Waals surface area contributed by atoms with Gasteiger partial charge in [-0.2, -0.15) is 0 Å². The van der Waals surface area contributed by atoms with Crippen molar-refractivity contribution in [3.05, 3.63) is 30.1 Å². The first-order chi connectivity index (χ1) is 11.9. The van der Waals surface area contributed by atoms with Crippen LogP contribution in [0.4, 0.5) is 10.1 Å². The van der Waals surface area contributed by atoms with Gasteiger partial charge in [-0.25, -0.2) is 4.39 Å². The third kappa shape index (κ3) is 7.65. The van der Waals surface area contributed by atoms with Crippen molar-refractivity contribution in [2.24, 2.45) is 4.99 Å². The van der Waals surface area contributed by atoms with Crippen LogP contribution in [-0.4, -0.2) is 62.7 Å². The third-order valence-electron chi connectivity index (χ3n) is 4.23. The maximum atomic E-state index is 13.9. The van der Waals surface area contributed by atoms with E-state index in [1.807, 2.05) is 12.1 Å². The summed E-state index contributed by atoms with van der Waals surface area (Å²) in [6.07, 6.45) is 1.06. The molecular formula is C19H33FIN5. The van der Waals surface area contributed by atoms with E-state index in [1.165, 1.54) is 6.07 Å². The Morgan fingerprint density at radius 1 is 1.15 bits per heavy atom. The molecule has 0 atom stereocenters. The standard InChI is InChI=1S/C19H32FN5.HI/c1-19(2,3)23-18(21-4)22-10-7-11-24-12-14-25(15-13-24)17-9-6-5-8-16(17)20;/h5-6,8-9H,7,10-15H2,1-4H3,(H2,21,22,23);1H. The minimum Gasteiger partial charge on any atom is -0.367 e. The first kappa shape index (κ1) is 23.0. The first-order valence-corrected chi connectivity index (χ1v) is 9.10. The van der Waals surface area contributed by atoms with Crippen LogP contribution in [-0.2, 0) is 0 Å². The Bertz CT molecular complexity index is 565. The molecule has 7 heteroatoms. The van der Waals surface area contributed by atoms with Crippen LogP contribution in [0.1, 0.15) is 27.2 Å². The van der Waals surface area contributed by atoms with E-state index in [2.05, 4.69) is 46.2 Å². The Morgan fingerprint density at radius 2 is 1.81 bits per heavy atom. The molecule has 2 rings (SSSR count). The molecule has 1 aromatic carbocycles. The molecule has 0 saturated carbocycles. The van der Waals surface area contributed by atoms with Crippen molar-refractivity contribution in [1.82, 2.24) is 15.5 Å². The van der Waals surface area contributed by atoms with Crippen LogP contribution in [0.15, 0.2) is 29.3 Å². The molecule has 2 N–H and O–H groups in total. The van der Waals surface area contributed by atoms with Crippen LogP contribution in [0.2, 0.25) is 0 Å².